The largest absolute Gasteiger partial charge is 0.377 e. The quantitative estimate of drug-likeness (QED) is 0.844. The van der Waals surface area contributed by atoms with Gasteiger partial charge in [0.2, 0.25) is 21.3 Å². The fourth-order valence-electron chi connectivity index (χ4n) is 1.89. The van der Waals surface area contributed by atoms with E-state index in [-0.39, 0.29) is 17.1 Å². The smallest absolute Gasteiger partial charge is 0.230 e. The van der Waals surface area contributed by atoms with Gasteiger partial charge in [-0.05, 0) is 32.4 Å². The van der Waals surface area contributed by atoms with Crippen molar-refractivity contribution in [2.45, 2.75) is 31.6 Å². The number of rotatable bonds is 3. The van der Waals surface area contributed by atoms with Crippen LogP contribution in [-0.4, -0.2) is 49.2 Å². The first-order chi connectivity index (χ1) is 9.63. The molecule has 0 aromatic carbocycles. The molecule has 0 amide bonds. The Hall–Kier alpha value is -1.03. The Labute approximate surface area is 128 Å². The summed E-state index contributed by atoms with van der Waals surface area (Å²) in [5.41, 5.74) is 0. The molecule has 0 bridgehead atoms. The Kier molecular flexibility index (Phi) is 4.39. The van der Waals surface area contributed by atoms with E-state index in [0.29, 0.717) is 25.7 Å². The lowest BCUT2D eigenvalue weighted by atomic mass is 10.2. The molecule has 0 aliphatic carbocycles. The van der Waals surface area contributed by atoms with Crippen molar-refractivity contribution in [2.24, 2.45) is 5.14 Å². The molecular formula is C11H18ClN5O3S. The summed E-state index contributed by atoms with van der Waals surface area (Å²) in [6.07, 6.45) is 0. The first-order valence-corrected chi connectivity index (χ1v) is 8.34. The lowest BCUT2D eigenvalue weighted by Crippen LogP contribution is -2.45. The highest BCUT2D eigenvalue weighted by atomic mass is 35.5. The number of primary sulfonamides is 1. The summed E-state index contributed by atoms with van der Waals surface area (Å²) in [6, 6.07) is 0.0580. The van der Waals surface area contributed by atoms with Crippen LogP contribution in [0.15, 0.2) is 0 Å². The number of hydrogen-bond donors (Lipinski definition) is 1. The lowest BCUT2D eigenvalue weighted by Gasteiger charge is -2.33. The third-order valence-corrected chi connectivity index (χ3v) is 5.24. The van der Waals surface area contributed by atoms with Crippen LogP contribution in [0, 0.1) is 0 Å². The van der Waals surface area contributed by atoms with Crippen LogP contribution in [0.1, 0.15) is 26.6 Å². The zero-order chi connectivity index (χ0) is 15.8. The van der Waals surface area contributed by atoms with Gasteiger partial charge in [0.1, 0.15) is 4.75 Å². The van der Waals surface area contributed by atoms with Crippen molar-refractivity contribution < 1.29 is 13.2 Å². The van der Waals surface area contributed by atoms with E-state index in [1.807, 2.05) is 11.8 Å². The maximum absolute atomic E-state index is 11.7. The molecule has 118 valence electrons. The van der Waals surface area contributed by atoms with Gasteiger partial charge in [0.25, 0.3) is 0 Å². The summed E-state index contributed by atoms with van der Waals surface area (Å²) in [5, 5.41) is 5.18. The number of halogens is 1. The highest BCUT2D eigenvalue weighted by Gasteiger charge is 2.37. The van der Waals surface area contributed by atoms with Crippen LogP contribution in [0.25, 0.3) is 0 Å². The molecule has 21 heavy (non-hydrogen) atoms. The third-order valence-electron chi connectivity index (χ3n) is 3.47. The molecule has 1 atom stereocenters. The van der Waals surface area contributed by atoms with Gasteiger partial charge in [-0.15, -0.1) is 0 Å². The second-order valence-corrected chi connectivity index (χ2v) is 7.85. The number of nitrogens with two attached hydrogens (primary N) is 1. The standard InChI is InChI=1S/C11H18ClN5O3S/c1-7-6-20-5-4-17(7)10-15-8(14-9(12)16-10)11(2,3)21(13,18)19/h7H,4-6H2,1-3H3,(H2,13,18,19)/t7-/m1/s1. The van der Waals surface area contributed by atoms with Crippen LogP contribution in [0.3, 0.4) is 0 Å². The molecule has 2 rings (SSSR count). The predicted octanol–water partition coefficient (Wildman–Crippen LogP) is 0.274. The Balaban J connectivity index is 2.47. The van der Waals surface area contributed by atoms with Crippen LogP contribution in [0.2, 0.25) is 5.28 Å². The lowest BCUT2D eigenvalue weighted by molar-refractivity contribution is 0.0980. The van der Waals surface area contributed by atoms with Gasteiger partial charge in [0, 0.05) is 6.54 Å². The Morgan fingerprint density at radius 2 is 2.05 bits per heavy atom. The van der Waals surface area contributed by atoms with Gasteiger partial charge in [0.15, 0.2) is 5.82 Å². The van der Waals surface area contributed by atoms with Crippen LogP contribution in [-0.2, 0) is 19.5 Å². The first-order valence-electron chi connectivity index (χ1n) is 6.41. The molecule has 0 saturated carbocycles. The van der Waals surface area contributed by atoms with Gasteiger partial charge >= 0.3 is 0 Å². The zero-order valence-electron chi connectivity index (χ0n) is 12.1. The molecule has 1 aromatic rings. The highest BCUT2D eigenvalue weighted by Crippen LogP contribution is 2.27. The summed E-state index contributed by atoms with van der Waals surface area (Å²) in [5.74, 6) is 0.358. The second kappa shape index (κ2) is 5.64. The third kappa shape index (κ3) is 3.25. The van der Waals surface area contributed by atoms with E-state index in [4.69, 9.17) is 21.5 Å². The molecule has 1 aliphatic heterocycles. The summed E-state index contributed by atoms with van der Waals surface area (Å²) in [4.78, 5) is 14.2. The van der Waals surface area contributed by atoms with Gasteiger partial charge in [0.05, 0.1) is 19.3 Å². The molecule has 1 saturated heterocycles. The summed E-state index contributed by atoms with van der Waals surface area (Å²) in [6.45, 7) is 6.50. The number of sulfonamides is 1. The summed E-state index contributed by atoms with van der Waals surface area (Å²) < 4.78 is 27.3. The molecule has 8 nitrogen and oxygen atoms in total. The maximum atomic E-state index is 11.7. The van der Waals surface area contributed by atoms with Crippen molar-refractivity contribution in [2.75, 3.05) is 24.7 Å². The van der Waals surface area contributed by atoms with Crippen molar-refractivity contribution >= 4 is 27.6 Å². The van der Waals surface area contributed by atoms with Crippen molar-refractivity contribution in [1.29, 1.82) is 0 Å². The van der Waals surface area contributed by atoms with E-state index < -0.39 is 14.8 Å². The van der Waals surface area contributed by atoms with Crippen LogP contribution < -0.4 is 10.0 Å². The SMILES string of the molecule is C[C@@H]1COCCN1c1nc(Cl)nc(C(C)(C)S(N)(=O)=O)n1. The van der Waals surface area contributed by atoms with E-state index >= 15 is 0 Å². The average molecular weight is 336 g/mol. The van der Waals surface area contributed by atoms with Crippen LogP contribution in [0.5, 0.6) is 0 Å². The minimum Gasteiger partial charge on any atom is -0.377 e. The average Bonchev–Trinajstić information content (AvgIpc) is 2.37. The first kappa shape index (κ1) is 16.3. The molecule has 1 aromatic heterocycles. The van der Waals surface area contributed by atoms with Gasteiger partial charge in [-0.25, -0.2) is 18.5 Å². The van der Waals surface area contributed by atoms with Gasteiger partial charge in [-0.1, -0.05) is 0 Å². The summed E-state index contributed by atoms with van der Waals surface area (Å²) >= 11 is 5.92. The Morgan fingerprint density at radius 3 is 2.62 bits per heavy atom. The summed E-state index contributed by atoms with van der Waals surface area (Å²) in [7, 11) is -3.89. The second-order valence-electron chi connectivity index (χ2n) is 5.40. The molecule has 2 N–H and O–H groups in total. The maximum Gasteiger partial charge on any atom is 0.230 e. The van der Waals surface area contributed by atoms with Gasteiger partial charge in [-0.2, -0.15) is 9.97 Å². The van der Waals surface area contributed by atoms with E-state index in [1.54, 1.807) is 0 Å². The number of hydrogen-bond acceptors (Lipinski definition) is 7. The van der Waals surface area contributed by atoms with Crippen molar-refractivity contribution in [1.82, 2.24) is 15.0 Å². The number of nitrogens with zero attached hydrogens (tertiary/aromatic N) is 4. The molecular weight excluding hydrogens is 318 g/mol. The van der Waals surface area contributed by atoms with E-state index in [1.165, 1.54) is 13.8 Å². The molecule has 0 spiro atoms. The van der Waals surface area contributed by atoms with Crippen molar-refractivity contribution in [3.63, 3.8) is 0 Å². The topological polar surface area (TPSA) is 111 Å². The normalized spacial score (nSPS) is 20.6. The fraction of sp³-hybridized carbons (Fsp3) is 0.727. The van der Waals surface area contributed by atoms with Crippen molar-refractivity contribution in [3.8, 4) is 0 Å². The fourth-order valence-corrected chi connectivity index (χ4v) is 2.39. The monoisotopic (exact) mass is 335 g/mol. The van der Waals surface area contributed by atoms with E-state index in [9.17, 15) is 8.42 Å². The van der Waals surface area contributed by atoms with Crippen LogP contribution in [0.4, 0.5) is 5.95 Å². The number of morpholine rings is 1. The van der Waals surface area contributed by atoms with E-state index in [2.05, 4.69) is 15.0 Å². The van der Waals surface area contributed by atoms with Crippen molar-refractivity contribution in [3.05, 3.63) is 11.1 Å². The van der Waals surface area contributed by atoms with E-state index in [0.717, 1.165) is 0 Å². The Morgan fingerprint density at radius 1 is 1.38 bits per heavy atom. The molecule has 1 fully saturated rings. The molecule has 0 unspecified atom stereocenters. The minimum absolute atomic E-state index is 0.0266. The molecule has 10 heteroatoms. The number of aromatic nitrogens is 3. The highest BCUT2D eigenvalue weighted by molar-refractivity contribution is 7.90. The molecule has 2 heterocycles. The van der Waals surface area contributed by atoms with Gasteiger partial charge in [-0.3, -0.25) is 0 Å². The van der Waals surface area contributed by atoms with Crippen LogP contribution >= 0.6 is 11.6 Å². The van der Waals surface area contributed by atoms with Gasteiger partial charge < -0.3 is 9.64 Å². The Bertz CT molecular complexity index is 637. The number of ether oxygens (including phenoxy) is 1. The number of anilines is 1. The zero-order valence-corrected chi connectivity index (χ0v) is 13.6. The molecule has 1 aliphatic rings. The predicted molar refractivity (Wildman–Crippen MR) is 78.6 cm³/mol. The molecule has 0 radical (unpaired) electrons. The minimum atomic E-state index is -3.89.